The van der Waals surface area contributed by atoms with Crippen LogP contribution in [0.2, 0.25) is 0 Å². The largest absolute Gasteiger partial charge is 0.494 e. The molecular weight excluding hydrogens is 330 g/mol. The zero-order valence-corrected chi connectivity index (χ0v) is 15.3. The van der Waals surface area contributed by atoms with Crippen molar-refractivity contribution in [2.24, 2.45) is 0 Å². The number of ether oxygens (including phenoxy) is 4. The molecule has 0 amide bonds. The molecule has 0 radical (unpaired) electrons. The van der Waals surface area contributed by atoms with Crippen molar-refractivity contribution in [3.63, 3.8) is 0 Å². The fraction of sp³-hybridized carbons (Fsp3) is 0.286. The van der Waals surface area contributed by atoms with Crippen LogP contribution in [-0.4, -0.2) is 38.7 Å². The van der Waals surface area contributed by atoms with Crippen LogP contribution < -0.4 is 9.47 Å². The monoisotopic (exact) mass is 353 g/mol. The average molecular weight is 353 g/mol. The number of pyridine rings is 1. The Morgan fingerprint density at radius 1 is 0.923 bits per heavy atom. The summed E-state index contributed by atoms with van der Waals surface area (Å²) in [6.45, 7) is 2.87. The number of hydrogen-bond donors (Lipinski definition) is 0. The Morgan fingerprint density at radius 3 is 2.35 bits per heavy atom. The second-order valence-corrected chi connectivity index (χ2v) is 5.70. The lowest BCUT2D eigenvalue weighted by Gasteiger charge is -2.16. The van der Waals surface area contributed by atoms with E-state index in [-0.39, 0.29) is 6.61 Å². The van der Waals surface area contributed by atoms with Crippen LogP contribution in [0.5, 0.6) is 11.6 Å². The van der Waals surface area contributed by atoms with Gasteiger partial charge in [0.25, 0.3) is 0 Å². The third-order valence-corrected chi connectivity index (χ3v) is 4.05. The molecule has 5 nitrogen and oxygen atoms in total. The lowest BCUT2D eigenvalue weighted by atomic mass is 10.1. The van der Waals surface area contributed by atoms with Gasteiger partial charge in [0.05, 0.1) is 12.3 Å². The highest BCUT2D eigenvalue weighted by molar-refractivity contribution is 5.90. The molecule has 0 aliphatic carbocycles. The molecule has 0 aliphatic heterocycles. The molecule has 0 spiro atoms. The van der Waals surface area contributed by atoms with Crippen molar-refractivity contribution < 1.29 is 18.9 Å². The molecule has 2 aromatic carbocycles. The molecule has 0 saturated heterocycles. The summed E-state index contributed by atoms with van der Waals surface area (Å²) in [6.07, 6.45) is -0.440. The van der Waals surface area contributed by atoms with Crippen LogP contribution in [-0.2, 0) is 9.47 Å². The van der Waals surface area contributed by atoms with Crippen molar-refractivity contribution in [3.8, 4) is 22.9 Å². The fourth-order valence-electron chi connectivity index (χ4n) is 2.69. The van der Waals surface area contributed by atoms with E-state index in [1.54, 1.807) is 14.2 Å². The summed E-state index contributed by atoms with van der Waals surface area (Å²) >= 11 is 0. The lowest BCUT2D eigenvalue weighted by molar-refractivity contribution is -0.122. The van der Waals surface area contributed by atoms with Crippen LogP contribution in [0, 0.1) is 0 Å². The molecule has 0 saturated carbocycles. The van der Waals surface area contributed by atoms with Gasteiger partial charge in [-0.3, -0.25) is 0 Å². The first-order chi connectivity index (χ1) is 12.7. The van der Waals surface area contributed by atoms with Crippen molar-refractivity contribution in [1.29, 1.82) is 0 Å². The van der Waals surface area contributed by atoms with Crippen molar-refractivity contribution in [1.82, 2.24) is 4.98 Å². The smallest absolute Gasteiger partial charge is 0.222 e. The second kappa shape index (κ2) is 8.65. The summed E-state index contributed by atoms with van der Waals surface area (Å²) in [6, 6.07) is 18.0. The molecule has 5 heteroatoms. The highest BCUT2D eigenvalue weighted by atomic mass is 16.7. The zero-order valence-electron chi connectivity index (χ0n) is 15.3. The summed E-state index contributed by atoms with van der Waals surface area (Å²) in [4.78, 5) is 4.71. The van der Waals surface area contributed by atoms with Crippen LogP contribution in [0.25, 0.3) is 22.0 Å². The summed E-state index contributed by atoms with van der Waals surface area (Å²) < 4.78 is 21.8. The molecule has 136 valence electrons. The normalized spacial score (nSPS) is 11.1. The van der Waals surface area contributed by atoms with Gasteiger partial charge in [-0.05, 0) is 48.7 Å². The Labute approximate surface area is 153 Å². The van der Waals surface area contributed by atoms with Gasteiger partial charge in [0.1, 0.15) is 12.4 Å². The van der Waals surface area contributed by atoms with E-state index in [4.69, 9.17) is 23.9 Å². The summed E-state index contributed by atoms with van der Waals surface area (Å²) in [5.41, 5.74) is 1.84. The van der Waals surface area contributed by atoms with E-state index in [0.29, 0.717) is 12.5 Å². The predicted molar refractivity (Wildman–Crippen MR) is 102 cm³/mol. The molecule has 26 heavy (non-hydrogen) atoms. The Bertz CT molecular complexity index is 844. The van der Waals surface area contributed by atoms with Gasteiger partial charge < -0.3 is 18.9 Å². The summed E-state index contributed by atoms with van der Waals surface area (Å²) in [5.74, 6) is 1.41. The van der Waals surface area contributed by atoms with Gasteiger partial charge in [0, 0.05) is 25.2 Å². The molecule has 0 unspecified atom stereocenters. The maximum absolute atomic E-state index is 5.90. The van der Waals surface area contributed by atoms with E-state index >= 15 is 0 Å². The van der Waals surface area contributed by atoms with Gasteiger partial charge in [-0.15, -0.1) is 0 Å². The first-order valence-corrected chi connectivity index (χ1v) is 8.56. The Hall–Kier alpha value is -2.63. The van der Waals surface area contributed by atoms with Crippen LogP contribution in [0.15, 0.2) is 54.6 Å². The molecule has 0 atom stereocenters. The number of benzene rings is 2. The van der Waals surface area contributed by atoms with Gasteiger partial charge in [-0.25, -0.2) is 4.98 Å². The number of fused-ring (bicyclic) bond motifs is 1. The number of aromatic nitrogens is 1. The van der Waals surface area contributed by atoms with Crippen molar-refractivity contribution in [2.45, 2.75) is 13.2 Å². The molecule has 3 rings (SSSR count). The van der Waals surface area contributed by atoms with Gasteiger partial charge in [-0.1, -0.05) is 18.2 Å². The van der Waals surface area contributed by atoms with Crippen LogP contribution in [0.4, 0.5) is 0 Å². The van der Waals surface area contributed by atoms with Crippen molar-refractivity contribution in [3.05, 3.63) is 54.6 Å². The van der Waals surface area contributed by atoms with Crippen molar-refractivity contribution >= 4 is 10.8 Å². The fourth-order valence-corrected chi connectivity index (χ4v) is 2.69. The molecule has 3 aromatic rings. The van der Waals surface area contributed by atoms with E-state index in [1.807, 2.05) is 55.5 Å². The predicted octanol–water partition coefficient (Wildman–Crippen LogP) is 4.30. The first kappa shape index (κ1) is 18.2. The third-order valence-electron chi connectivity index (χ3n) is 4.05. The highest BCUT2D eigenvalue weighted by Crippen LogP contribution is 2.30. The Morgan fingerprint density at radius 2 is 1.65 bits per heavy atom. The Balaban J connectivity index is 1.95. The minimum atomic E-state index is -0.440. The topological polar surface area (TPSA) is 49.8 Å². The number of nitrogens with zero attached hydrogens (tertiary/aromatic N) is 1. The van der Waals surface area contributed by atoms with Crippen LogP contribution >= 0.6 is 0 Å². The number of hydrogen-bond acceptors (Lipinski definition) is 5. The lowest BCUT2D eigenvalue weighted by Crippen LogP contribution is -2.22. The maximum Gasteiger partial charge on any atom is 0.222 e. The summed E-state index contributed by atoms with van der Waals surface area (Å²) in [7, 11) is 3.17. The highest BCUT2D eigenvalue weighted by Gasteiger charge is 2.12. The van der Waals surface area contributed by atoms with E-state index in [1.165, 1.54) is 0 Å². The second-order valence-electron chi connectivity index (χ2n) is 5.70. The standard InChI is InChI=1S/C21H23NO4/c1-4-25-17-11-9-15(10-12-17)19-13-16-7-5-6-8-18(16)21(22-19)26-14-20(23-2)24-3/h5-13,20H,4,14H2,1-3H3. The first-order valence-electron chi connectivity index (χ1n) is 8.56. The van der Waals surface area contributed by atoms with Crippen LogP contribution in [0.1, 0.15) is 6.92 Å². The molecule has 0 fully saturated rings. The molecule has 1 aromatic heterocycles. The van der Waals surface area contributed by atoms with Gasteiger partial charge in [0.2, 0.25) is 5.88 Å². The SMILES string of the molecule is CCOc1ccc(-c2cc3ccccc3c(OCC(OC)OC)n2)cc1. The third kappa shape index (κ3) is 4.12. The summed E-state index contributed by atoms with van der Waals surface area (Å²) in [5, 5.41) is 2.01. The number of methoxy groups -OCH3 is 2. The zero-order chi connectivity index (χ0) is 18.4. The average Bonchev–Trinajstić information content (AvgIpc) is 2.69. The molecule has 0 bridgehead atoms. The molecular formula is C21H23NO4. The Kier molecular flexibility index (Phi) is 6.04. The number of rotatable bonds is 8. The maximum atomic E-state index is 5.90. The van der Waals surface area contributed by atoms with Crippen molar-refractivity contribution in [2.75, 3.05) is 27.4 Å². The molecule has 0 N–H and O–H groups in total. The van der Waals surface area contributed by atoms with E-state index in [2.05, 4.69) is 6.07 Å². The minimum Gasteiger partial charge on any atom is -0.494 e. The van der Waals surface area contributed by atoms with Gasteiger partial charge >= 0.3 is 0 Å². The van der Waals surface area contributed by atoms with Gasteiger partial charge in [0.15, 0.2) is 6.29 Å². The van der Waals surface area contributed by atoms with E-state index in [9.17, 15) is 0 Å². The molecule has 1 heterocycles. The van der Waals surface area contributed by atoms with Crippen LogP contribution in [0.3, 0.4) is 0 Å². The van der Waals surface area contributed by atoms with E-state index < -0.39 is 6.29 Å². The van der Waals surface area contributed by atoms with E-state index in [0.717, 1.165) is 27.8 Å². The molecule has 0 aliphatic rings. The van der Waals surface area contributed by atoms with Gasteiger partial charge in [-0.2, -0.15) is 0 Å². The minimum absolute atomic E-state index is 0.261. The quantitative estimate of drug-likeness (QED) is 0.565.